The molecule has 1 aromatic heterocycles. The first-order valence-corrected chi connectivity index (χ1v) is 7.20. The fourth-order valence-electron chi connectivity index (χ4n) is 3.08. The number of hydrogen-bond donors (Lipinski definition) is 1. The van der Waals surface area contributed by atoms with Gasteiger partial charge in [-0.25, -0.2) is 0 Å². The number of carbonyl (C=O) groups excluding carboxylic acids is 3. The quantitative estimate of drug-likeness (QED) is 0.809. The van der Waals surface area contributed by atoms with E-state index in [0.717, 1.165) is 0 Å². The van der Waals surface area contributed by atoms with Gasteiger partial charge in [-0.1, -0.05) is 0 Å². The molecule has 0 spiro atoms. The van der Waals surface area contributed by atoms with E-state index in [1.54, 1.807) is 6.92 Å². The number of ether oxygens (including phenoxy) is 2. The number of nitrogens with one attached hydrogen (secondary N) is 1. The summed E-state index contributed by atoms with van der Waals surface area (Å²) in [7, 11) is 1.27. The minimum Gasteiger partial charge on any atom is -0.469 e. The summed E-state index contributed by atoms with van der Waals surface area (Å²) in [4.78, 5) is 51.3. The molecule has 2 aliphatic rings. The minimum atomic E-state index is -0.669. The molecule has 0 unspecified atom stereocenters. The van der Waals surface area contributed by atoms with Crippen molar-refractivity contribution in [2.75, 3.05) is 7.11 Å². The van der Waals surface area contributed by atoms with Crippen LogP contribution < -0.4 is 5.43 Å². The molecule has 0 bridgehead atoms. The standard InChI is InChI=1S/C16H15NO6/c1-7-12-9(5-8(23-7)6-11(19)22-2)15(20)14-13(16(12)21)10(18)3-4-17-14/h3-4,7-8H,5-6H2,1-2H3,(H,17,18)/t7-,8-/m0/s1. The highest BCUT2D eigenvalue weighted by Crippen LogP contribution is 2.34. The Bertz CT molecular complexity index is 803. The Balaban J connectivity index is 2.03. The van der Waals surface area contributed by atoms with Crippen LogP contribution in [0.4, 0.5) is 0 Å². The van der Waals surface area contributed by atoms with E-state index in [-0.39, 0.29) is 29.7 Å². The van der Waals surface area contributed by atoms with Gasteiger partial charge in [-0.15, -0.1) is 0 Å². The lowest BCUT2D eigenvalue weighted by atomic mass is 9.80. The molecule has 0 saturated carbocycles. The summed E-state index contributed by atoms with van der Waals surface area (Å²) in [5.74, 6) is -1.33. The van der Waals surface area contributed by atoms with E-state index < -0.39 is 35.2 Å². The highest BCUT2D eigenvalue weighted by atomic mass is 16.5. The predicted octanol–water partition coefficient (Wildman–Crippen LogP) is 0.791. The van der Waals surface area contributed by atoms with Crippen LogP contribution in [0.2, 0.25) is 0 Å². The second kappa shape index (κ2) is 5.58. The molecule has 1 N–H and O–H groups in total. The van der Waals surface area contributed by atoms with Crippen molar-refractivity contribution in [3.05, 3.63) is 44.9 Å². The summed E-state index contributed by atoms with van der Waals surface area (Å²) in [6.45, 7) is 1.63. The zero-order valence-corrected chi connectivity index (χ0v) is 12.7. The Hall–Kier alpha value is -2.54. The lowest BCUT2D eigenvalue weighted by Crippen LogP contribution is -2.40. The maximum absolute atomic E-state index is 12.6. The van der Waals surface area contributed by atoms with Crippen LogP contribution in [0.5, 0.6) is 0 Å². The molecule has 2 atom stereocenters. The van der Waals surface area contributed by atoms with Gasteiger partial charge in [-0.3, -0.25) is 19.2 Å². The first-order chi connectivity index (χ1) is 10.9. The highest BCUT2D eigenvalue weighted by molar-refractivity contribution is 6.26. The van der Waals surface area contributed by atoms with Gasteiger partial charge in [-0.05, 0) is 6.92 Å². The number of aromatic amines is 1. The number of H-pyrrole nitrogens is 1. The topological polar surface area (TPSA) is 103 Å². The summed E-state index contributed by atoms with van der Waals surface area (Å²) >= 11 is 0. The number of methoxy groups -OCH3 is 1. The first-order valence-electron chi connectivity index (χ1n) is 7.20. The number of rotatable bonds is 2. The van der Waals surface area contributed by atoms with Crippen molar-refractivity contribution < 1.29 is 23.9 Å². The largest absolute Gasteiger partial charge is 0.469 e. The zero-order chi connectivity index (χ0) is 16.7. The van der Waals surface area contributed by atoms with Crippen LogP contribution in [-0.4, -0.2) is 41.8 Å². The molecule has 0 fully saturated rings. The molecule has 1 aliphatic heterocycles. The second-order valence-corrected chi connectivity index (χ2v) is 5.53. The van der Waals surface area contributed by atoms with Gasteiger partial charge in [0.1, 0.15) is 5.69 Å². The van der Waals surface area contributed by atoms with Gasteiger partial charge >= 0.3 is 5.97 Å². The van der Waals surface area contributed by atoms with Crippen LogP contribution in [0, 0.1) is 0 Å². The number of pyridine rings is 1. The normalized spacial score (nSPS) is 23.4. The first kappa shape index (κ1) is 15.4. The summed E-state index contributed by atoms with van der Waals surface area (Å²) in [5, 5.41) is 0. The van der Waals surface area contributed by atoms with Gasteiger partial charge in [0, 0.05) is 29.8 Å². The Morgan fingerprint density at radius 2 is 2.09 bits per heavy atom. The minimum absolute atomic E-state index is 0.00272. The number of esters is 1. The molecule has 120 valence electrons. The smallest absolute Gasteiger partial charge is 0.308 e. The van der Waals surface area contributed by atoms with Crippen LogP contribution in [-0.2, 0) is 14.3 Å². The van der Waals surface area contributed by atoms with Gasteiger partial charge in [0.2, 0.25) is 5.78 Å². The lowest BCUT2D eigenvalue weighted by Gasteiger charge is -2.33. The Morgan fingerprint density at radius 3 is 2.78 bits per heavy atom. The van der Waals surface area contributed by atoms with Gasteiger partial charge < -0.3 is 14.5 Å². The number of ketones is 2. The average Bonchev–Trinajstić information content (AvgIpc) is 2.51. The fraction of sp³-hybridized carbons (Fsp3) is 0.375. The van der Waals surface area contributed by atoms with E-state index in [0.29, 0.717) is 5.57 Å². The molecule has 2 heterocycles. The third-order valence-corrected chi connectivity index (χ3v) is 4.11. The van der Waals surface area contributed by atoms with Crippen molar-refractivity contribution in [3.63, 3.8) is 0 Å². The number of Topliss-reactive ketones (excluding diaryl/α,β-unsaturated/α-hetero) is 2. The number of hydrogen-bond acceptors (Lipinski definition) is 6. The van der Waals surface area contributed by atoms with Crippen LogP contribution in [0.3, 0.4) is 0 Å². The summed E-state index contributed by atoms with van der Waals surface area (Å²) in [6.07, 6.45) is 0.266. The molecule has 1 aromatic rings. The molecule has 7 heteroatoms. The van der Waals surface area contributed by atoms with E-state index in [2.05, 4.69) is 9.72 Å². The number of carbonyl (C=O) groups is 3. The Morgan fingerprint density at radius 1 is 1.35 bits per heavy atom. The van der Waals surface area contributed by atoms with Crippen molar-refractivity contribution in [2.24, 2.45) is 0 Å². The van der Waals surface area contributed by atoms with E-state index in [4.69, 9.17) is 4.74 Å². The SMILES string of the molecule is COC(=O)C[C@@H]1CC2=C(C(=O)c3c([nH]ccc3=O)C2=O)[C@H](C)O1. The maximum atomic E-state index is 12.6. The van der Waals surface area contributed by atoms with Crippen molar-refractivity contribution >= 4 is 17.5 Å². The highest BCUT2D eigenvalue weighted by Gasteiger charge is 2.41. The van der Waals surface area contributed by atoms with Gasteiger partial charge in [0.25, 0.3) is 0 Å². The van der Waals surface area contributed by atoms with Crippen molar-refractivity contribution in [1.82, 2.24) is 4.98 Å². The number of aromatic nitrogens is 1. The van der Waals surface area contributed by atoms with Gasteiger partial charge in [-0.2, -0.15) is 0 Å². The Kier molecular flexibility index (Phi) is 3.73. The summed E-state index contributed by atoms with van der Waals surface area (Å²) < 4.78 is 10.3. The lowest BCUT2D eigenvalue weighted by molar-refractivity contribution is -0.144. The molecule has 0 saturated heterocycles. The molecule has 3 rings (SSSR count). The fourth-order valence-corrected chi connectivity index (χ4v) is 3.08. The molecule has 7 nitrogen and oxygen atoms in total. The van der Waals surface area contributed by atoms with Gasteiger partial charge in [0.05, 0.1) is 31.3 Å². The molecule has 1 aliphatic carbocycles. The van der Waals surface area contributed by atoms with Gasteiger partial charge in [0.15, 0.2) is 11.2 Å². The van der Waals surface area contributed by atoms with Crippen LogP contribution in [0.15, 0.2) is 28.2 Å². The van der Waals surface area contributed by atoms with Crippen LogP contribution >= 0.6 is 0 Å². The summed E-state index contributed by atoms with van der Waals surface area (Å²) in [5.41, 5.74) is -0.116. The zero-order valence-electron chi connectivity index (χ0n) is 12.7. The molecule has 0 radical (unpaired) electrons. The maximum Gasteiger partial charge on any atom is 0.308 e. The van der Waals surface area contributed by atoms with Crippen LogP contribution in [0.1, 0.15) is 40.6 Å². The molecule has 0 amide bonds. The average molecular weight is 317 g/mol. The molecule has 23 heavy (non-hydrogen) atoms. The Labute approximate surface area is 131 Å². The van der Waals surface area contributed by atoms with Crippen molar-refractivity contribution in [2.45, 2.75) is 32.0 Å². The molecule has 0 aromatic carbocycles. The third-order valence-electron chi connectivity index (χ3n) is 4.11. The third kappa shape index (κ3) is 2.43. The molecular weight excluding hydrogens is 302 g/mol. The van der Waals surface area contributed by atoms with Crippen molar-refractivity contribution in [1.29, 1.82) is 0 Å². The van der Waals surface area contributed by atoms with E-state index in [1.807, 2.05) is 0 Å². The summed E-state index contributed by atoms with van der Waals surface area (Å²) in [6, 6.07) is 1.21. The number of fused-ring (bicyclic) bond motifs is 1. The van der Waals surface area contributed by atoms with Crippen molar-refractivity contribution in [3.8, 4) is 0 Å². The predicted molar refractivity (Wildman–Crippen MR) is 78.3 cm³/mol. The van der Waals surface area contributed by atoms with Crippen LogP contribution in [0.25, 0.3) is 0 Å². The van der Waals surface area contributed by atoms with E-state index in [1.165, 1.54) is 19.4 Å². The van der Waals surface area contributed by atoms with E-state index in [9.17, 15) is 19.2 Å². The van der Waals surface area contributed by atoms with E-state index >= 15 is 0 Å². The monoisotopic (exact) mass is 317 g/mol. The second-order valence-electron chi connectivity index (χ2n) is 5.53. The molecular formula is C16H15NO6.